The lowest BCUT2D eigenvalue weighted by molar-refractivity contribution is 0.795. The molecule has 7 heteroatoms. The molecule has 0 aliphatic carbocycles. The van der Waals surface area contributed by atoms with Crippen molar-refractivity contribution in [2.24, 2.45) is 0 Å². The summed E-state index contributed by atoms with van der Waals surface area (Å²) in [5.74, 6) is 0. The molecule has 0 amide bonds. The van der Waals surface area contributed by atoms with E-state index in [1.54, 1.807) is 33.6 Å². The van der Waals surface area contributed by atoms with E-state index in [0.29, 0.717) is 33.5 Å². The van der Waals surface area contributed by atoms with Gasteiger partial charge >= 0.3 is 0 Å². The minimum absolute atomic E-state index is 0.101. The van der Waals surface area contributed by atoms with E-state index in [9.17, 15) is 4.79 Å². The number of aromatic nitrogens is 3. The second-order valence-electron chi connectivity index (χ2n) is 5.90. The van der Waals surface area contributed by atoms with Crippen LogP contribution in [0.4, 0.5) is 5.69 Å². The van der Waals surface area contributed by atoms with Gasteiger partial charge in [-0.2, -0.15) is 5.10 Å². The van der Waals surface area contributed by atoms with Crippen LogP contribution in [0.5, 0.6) is 0 Å². The van der Waals surface area contributed by atoms with E-state index >= 15 is 0 Å². The van der Waals surface area contributed by atoms with Crippen molar-refractivity contribution in [3.8, 4) is 5.69 Å². The molecule has 4 aromatic rings. The van der Waals surface area contributed by atoms with Gasteiger partial charge in [0.05, 0.1) is 33.8 Å². The van der Waals surface area contributed by atoms with Crippen LogP contribution in [0.2, 0.25) is 10.0 Å². The van der Waals surface area contributed by atoms with E-state index in [0.717, 1.165) is 11.1 Å². The molecule has 0 saturated carbocycles. The Kier molecular flexibility index (Phi) is 4.18. The molecule has 0 bridgehead atoms. The Morgan fingerprint density at radius 3 is 2.35 bits per heavy atom. The number of rotatable bonds is 3. The van der Waals surface area contributed by atoms with Crippen molar-refractivity contribution in [3.05, 3.63) is 86.8 Å². The first kappa shape index (κ1) is 16.7. The van der Waals surface area contributed by atoms with Crippen LogP contribution in [0, 0.1) is 0 Å². The Bertz CT molecular complexity index is 1140. The summed E-state index contributed by atoms with van der Waals surface area (Å²) >= 11 is 12.7. The molecular weight excluding hydrogens is 371 g/mol. The molecule has 5 nitrogen and oxygen atoms in total. The number of hydrogen-bond acceptors (Lipinski definition) is 3. The van der Waals surface area contributed by atoms with Gasteiger partial charge < -0.3 is 10.3 Å². The fraction of sp³-hybridized carbons (Fsp3) is 0.0526. The number of anilines is 1. The lowest BCUT2D eigenvalue weighted by Crippen LogP contribution is -2.19. The Balaban J connectivity index is 1.91. The molecule has 130 valence electrons. The maximum atomic E-state index is 12.4. The summed E-state index contributed by atoms with van der Waals surface area (Å²) in [6.07, 6.45) is 1.64. The van der Waals surface area contributed by atoms with Crippen LogP contribution >= 0.6 is 23.2 Å². The predicted molar refractivity (Wildman–Crippen MR) is 105 cm³/mol. The number of fused-ring (bicyclic) bond motifs is 1. The summed E-state index contributed by atoms with van der Waals surface area (Å²) in [5, 5.41) is 5.19. The number of halogens is 2. The molecule has 0 spiro atoms. The van der Waals surface area contributed by atoms with E-state index in [2.05, 4.69) is 5.10 Å². The smallest absolute Gasteiger partial charge is 0.251 e. The van der Waals surface area contributed by atoms with Gasteiger partial charge in [0, 0.05) is 11.8 Å². The summed E-state index contributed by atoms with van der Waals surface area (Å²) in [7, 11) is 0. The topological polar surface area (TPSA) is 65.8 Å². The third kappa shape index (κ3) is 2.85. The highest BCUT2D eigenvalue weighted by molar-refractivity contribution is 6.38. The predicted octanol–water partition coefficient (Wildman–Crippen LogP) is 4.12. The van der Waals surface area contributed by atoms with E-state index in [4.69, 9.17) is 28.9 Å². The number of hydrogen-bond donors (Lipinski definition) is 1. The van der Waals surface area contributed by atoms with Gasteiger partial charge in [-0.05, 0) is 23.8 Å². The molecule has 0 radical (unpaired) electrons. The van der Waals surface area contributed by atoms with Gasteiger partial charge in [0.1, 0.15) is 5.69 Å². The molecule has 2 N–H and O–H groups in total. The molecule has 0 aliphatic rings. The quantitative estimate of drug-likeness (QED) is 0.540. The first-order valence-electron chi connectivity index (χ1n) is 7.91. The summed E-state index contributed by atoms with van der Waals surface area (Å²) in [5.41, 5.74) is 9.14. The molecule has 0 saturated heterocycles. The number of benzene rings is 2. The molecule has 2 aromatic carbocycles. The van der Waals surface area contributed by atoms with Crippen LogP contribution in [-0.2, 0) is 6.54 Å². The Labute approximate surface area is 159 Å². The average Bonchev–Trinajstić information content (AvgIpc) is 3.01. The van der Waals surface area contributed by atoms with Crippen LogP contribution in [0.15, 0.2) is 65.6 Å². The highest BCUT2D eigenvalue weighted by atomic mass is 35.5. The van der Waals surface area contributed by atoms with Gasteiger partial charge in [-0.15, -0.1) is 0 Å². The number of nitrogens with zero attached hydrogens (tertiary/aromatic N) is 3. The van der Waals surface area contributed by atoms with Crippen molar-refractivity contribution < 1.29 is 0 Å². The summed E-state index contributed by atoms with van der Waals surface area (Å²) in [4.78, 5) is 12.4. The Morgan fingerprint density at radius 2 is 1.65 bits per heavy atom. The SMILES string of the molecule is Nc1cc(Cl)c(-n2ncc3c2ccc(=O)n3Cc2ccccc2)c(Cl)c1. The van der Waals surface area contributed by atoms with Crippen molar-refractivity contribution in [2.75, 3.05) is 5.73 Å². The van der Waals surface area contributed by atoms with Crippen LogP contribution in [0.1, 0.15) is 5.56 Å². The zero-order valence-corrected chi connectivity index (χ0v) is 15.1. The van der Waals surface area contributed by atoms with Gasteiger partial charge in [-0.25, -0.2) is 4.68 Å². The zero-order valence-electron chi connectivity index (χ0n) is 13.6. The normalized spacial score (nSPS) is 11.2. The van der Waals surface area contributed by atoms with Gasteiger partial charge in [-0.3, -0.25) is 4.79 Å². The lowest BCUT2D eigenvalue weighted by atomic mass is 10.2. The van der Waals surface area contributed by atoms with Crippen molar-refractivity contribution in [1.82, 2.24) is 14.3 Å². The molecule has 2 aromatic heterocycles. The van der Waals surface area contributed by atoms with Crippen LogP contribution in [-0.4, -0.2) is 14.3 Å². The highest BCUT2D eigenvalue weighted by Crippen LogP contribution is 2.32. The van der Waals surface area contributed by atoms with Crippen molar-refractivity contribution in [1.29, 1.82) is 0 Å². The molecule has 0 aliphatic heterocycles. The summed E-state index contributed by atoms with van der Waals surface area (Å²) in [6, 6.07) is 16.3. The van der Waals surface area contributed by atoms with Crippen molar-refractivity contribution in [3.63, 3.8) is 0 Å². The largest absolute Gasteiger partial charge is 0.399 e. The second kappa shape index (κ2) is 6.52. The van der Waals surface area contributed by atoms with Gasteiger partial charge in [0.2, 0.25) is 0 Å². The van der Waals surface area contributed by atoms with E-state index in [1.165, 1.54) is 6.07 Å². The van der Waals surface area contributed by atoms with E-state index in [1.807, 2.05) is 30.3 Å². The lowest BCUT2D eigenvalue weighted by Gasteiger charge is -2.11. The van der Waals surface area contributed by atoms with E-state index in [-0.39, 0.29) is 5.56 Å². The van der Waals surface area contributed by atoms with Crippen molar-refractivity contribution in [2.45, 2.75) is 6.54 Å². The first-order chi connectivity index (χ1) is 12.5. The van der Waals surface area contributed by atoms with Gasteiger partial charge in [0.15, 0.2) is 0 Å². The molecule has 4 rings (SSSR count). The maximum absolute atomic E-state index is 12.4. The van der Waals surface area contributed by atoms with Crippen LogP contribution in [0.25, 0.3) is 16.7 Å². The molecular formula is C19H14Cl2N4O. The maximum Gasteiger partial charge on any atom is 0.251 e. The minimum atomic E-state index is -0.101. The van der Waals surface area contributed by atoms with Gasteiger partial charge in [0.25, 0.3) is 5.56 Å². The fourth-order valence-electron chi connectivity index (χ4n) is 2.97. The number of nitrogens with two attached hydrogens (primary N) is 1. The molecule has 26 heavy (non-hydrogen) atoms. The highest BCUT2D eigenvalue weighted by Gasteiger charge is 2.15. The average molecular weight is 385 g/mol. The number of nitrogen functional groups attached to an aromatic ring is 1. The fourth-order valence-corrected chi connectivity index (χ4v) is 3.63. The monoisotopic (exact) mass is 384 g/mol. The first-order valence-corrected chi connectivity index (χ1v) is 8.66. The third-order valence-corrected chi connectivity index (χ3v) is 4.74. The Hall–Kier alpha value is -2.76. The Morgan fingerprint density at radius 1 is 0.962 bits per heavy atom. The van der Waals surface area contributed by atoms with E-state index < -0.39 is 0 Å². The van der Waals surface area contributed by atoms with Crippen LogP contribution in [0.3, 0.4) is 0 Å². The third-order valence-electron chi connectivity index (χ3n) is 4.16. The number of pyridine rings is 1. The summed E-state index contributed by atoms with van der Waals surface area (Å²) < 4.78 is 3.30. The van der Waals surface area contributed by atoms with Crippen LogP contribution < -0.4 is 11.3 Å². The second-order valence-corrected chi connectivity index (χ2v) is 6.72. The zero-order chi connectivity index (χ0) is 18.3. The molecule has 0 fully saturated rings. The molecule has 2 heterocycles. The van der Waals surface area contributed by atoms with Crippen molar-refractivity contribution >= 4 is 39.9 Å². The summed E-state index contributed by atoms with van der Waals surface area (Å²) in [6.45, 7) is 0.450. The van der Waals surface area contributed by atoms with Gasteiger partial charge in [-0.1, -0.05) is 53.5 Å². The molecule has 0 unspecified atom stereocenters. The standard InChI is InChI=1S/C19H14Cl2N4O/c20-14-8-13(22)9-15(21)19(14)25-16-6-7-18(26)24(17(16)10-23-25)11-12-4-2-1-3-5-12/h1-10H,11,22H2. The molecule has 0 atom stereocenters. The minimum Gasteiger partial charge on any atom is -0.399 e.